The topological polar surface area (TPSA) is 147 Å². The van der Waals surface area contributed by atoms with E-state index in [4.69, 9.17) is 28.9 Å². The quantitative estimate of drug-likeness (QED) is 0.213. The predicted molar refractivity (Wildman–Crippen MR) is 82.2 cm³/mol. The molecule has 1 heterocycles. The average Bonchev–Trinajstić information content (AvgIpc) is 2.50. The van der Waals surface area contributed by atoms with Crippen molar-refractivity contribution < 1.29 is 48.1 Å². The summed E-state index contributed by atoms with van der Waals surface area (Å²) in [6, 6.07) is 0. The number of nitrogens with zero attached hydrogens (tertiary/aromatic N) is 1. The average molecular weight is 375 g/mol. The fourth-order valence-electron chi connectivity index (χ4n) is 2.45. The lowest BCUT2D eigenvalue weighted by Gasteiger charge is -2.43. The molecule has 0 aromatic heterocycles. The summed E-state index contributed by atoms with van der Waals surface area (Å²) in [6.45, 7) is 4.18. The summed E-state index contributed by atoms with van der Waals surface area (Å²) in [5.41, 5.74) is 0. The van der Waals surface area contributed by atoms with Gasteiger partial charge in [0, 0.05) is 27.7 Å². The van der Waals surface area contributed by atoms with Crippen molar-refractivity contribution in [2.75, 3.05) is 6.61 Å². The van der Waals surface area contributed by atoms with E-state index in [9.17, 15) is 19.2 Å². The highest BCUT2D eigenvalue weighted by molar-refractivity contribution is 5.70. The Morgan fingerprint density at radius 2 is 1.38 bits per heavy atom. The van der Waals surface area contributed by atoms with Crippen LogP contribution in [-0.4, -0.2) is 72.4 Å². The second-order valence-electron chi connectivity index (χ2n) is 5.43. The van der Waals surface area contributed by atoms with Crippen LogP contribution in [0.1, 0.15) is 27.7 Å². The fourth-order valence-corrected chi connectivity index (χ4v) is 2.45. The van der Waals surface area contributed by atoms with E-state index < -0.39 is 54.4 Å². The SMILES string of the molecule is CC(=O)OC[C@H]1O[C@@H](/C=N\O)[C@@H](OC(C)=O)[C@@H](OC(C)=O)[C@@H]1OC(C)=O. The van der Waals surface area contributed by atoms with E-state index in [1.165, 1.54) is 6.92 Å². The number of ether oxygens (including phenoxy) is 5. The van der Waals surface area contributed by atoms with Crippen molar-refractivity contribution in [1.29, 1.82) is 0 Å². The normalized spacial score (nSPS) is 28.2. The number of hydrogen-bond acceptors (Lipinski definition) is 11. The zero-order chi connectivity index (χ0) is 19.9. The van der Waals surface area contributed by atoms with Crippen LogP contribution in [0.25, 0.3) is 0 Å². The van der Waals surface area contributed by atoms with E-state index in [-0.39, 0.29) is 6.61 Å². The lowest BCUT2D eigenvalue weighted by molar-refractivity contribution is -0.240. The number of carbonyl (C=O) groups excluding carboxylic acids is 4. The van der Waals surface area contributed by atoms with Gasteiger partial charge in [-0.15, -0.1) is 0 Å². The van der Waals surface area contributed by atoms with Crippen LogP contribution in [0.15, 0.2) is 5.16 Å². The Kier molecular flexibility index (Phi) is 7.97. The molecule has 0 aromatic carbocycles. The van der Waals surface area contributed by atoms with Crippen LogP contribution in [0, 0.1) is 0 Å². The first-order valence-electron chi connectivity index (χ1n) is 7.63. The van der Waals surface area contributed by atoms with Crippen molar-refractivity contribution >= 4 is 30.1 Å². The smallest absolute Gasteiger partial charge is 0.303 e. The van der Waals surface area contributed by atoms with Crippen LogP contribution in [-0.2, 0) is 42.9 Å². The van der Waals surface area contributed by atoms with Crippen LogP contribution in [0.3, 0.4) is 0 Å². The van der Waals surface area contributed by atoms with Crippen molar-refractivity contribution in [2.24, 2.45) is 5.16 Å². The maximum absolute atomic E-state index is 11.5. The molecule has 0 radical (unpaired) electrons. The van der Waals surface area contributed by atoms with Gasteiger partial charge in [-0.1, -0.05) is 5.16 Å². The van der Waals surface area contributed by atoms with Crippen LogP contribution < -0.4 is 0 Å². The van der Waals surface area contributed by atoms with Crippen LogP contribution in [0.4, 0.5) is 0 Å². The van der Waals surface area contributed by atoms with E-state index in [1.807, 2.05) is 0 Å². The van der Waals surface area contributed by atoms with Gasteiger partial charge in [0.1, 0.15) is 18.8 Å². The van der Waals surface area contributed by atoms with Gasteiger partial charge in [0.15, 0.2) is 18.3 Å². The van der Waals surface area contributed by atoms with Crippen molar-refractivity contribution in [3.8, 4) is 0 Å². The lowest BCUT2D eigenvalue weighted by atomic mass is 9.94. The molecular weight excluding hydrogens is 354 g/mol. The Morgan fingerprint density at radius 1 is 0.885 bits per heavy atom. The Balaban J connectivity index is 3.26. The molecule has 0 spiro atoms. The molecule has 0 amide bonds. The first-order chi connectivity index (χ1) is 12.1. The maximum Gasteiger partial charge on any atom is 0.303 e. The number of rotatable bonds is 6. The van der Waals surface area contributed by atoms with Gasteiger partial charge in [-0.3, -0.25) is 19.2 Å². The largest absolute Gasteiger partial charge is 0.463 e. The Hall–Kier alpha value is -2.69. The Morgan fingerprint density at radius 3 is 1.85 bits per heavy atom. The second-order valence-corrected chi connectivity index (χ2v) is 5.43. The molecule has 146 valence electrons. The molecule has 0 aliphatic carbocycles. The lowest BCUT2D eigenvalue weighted by Crippen LogP contribution is -2.62. The molecule has 1 N–H and O–H groups in total. The van der Waals surface area contributed by atoms with Gasteiger partial charge >= 0.3 is 23.9 Å². The summed E-state index contributed by atoms with van der Waals surface area (Å²) in [6.07, 6.45) is -5.08. The van der Waals surface area contributed by atoms with Crippen LogP contribution in [0.5, 0.6) is 0 Å². The van der Waals surface area contributed by atoms with Gasteiger partial charge in [0.2, 0.25) is 0 Å². The predicted octanol–water partition coefficient (Wildman–Crippen LogP) is -0.428. The summed E-state index contributed by atoms with van der Waals surface area (Å²) in [5, 5.41) is 11.7. The van der Waals surface area contributed by atoms with Crippen molar-refractivity contribution in [2.45, 2.75) is 58.2 Å². The zero-order valence-electron chi connectivity index (χ0n) is 14.7. The van der Waals surface area contributed by atoms with Gasteiger partial charge in [0.05, 0.1) is 6.21 Å². The summed E-state index contributed by atoms with van der Waals surface area (Å²) in [7, 11) is 0. The molecule has 1 rings (SSSR count). The standard InChI is InChI=1S/C15H21NO10/c1-7(17)22-6-12-14(24-9(3)19)15(25-10(4)20)13(23-8(2)18)11(26-12)5-16-21/h5,11-15,21H,6H2,1-4H3/b16-5-/t11-,12+,13+,14+,15+/m0/s1. The molecular formula is C15H21NO10. The number of oxime groups is 1. The monoisotopic (exact) mass is 375 g/mol. The Labute approximate surface area is 149 Å². The minimum atomic E-state index is -1.28. The van der Waals surface area contributed by atoms with E-state index in [0.29, 0.717) is 0 Å². The van der Waals surface area contributed by atoms with Crippen molar-refractivity contribution in [3.05, 3.63) is 0 Å². The molecule has 0 unspecified atom stereocenters. The minimum Gasteiger partial charge on any atom is -0.463 e. The van der Waals surface area contributed by atoms with Crippen molar-refractivity contribution in [1.82, 2.24) is 0 Å². The summed E-state index contributed by atoms with van der Waals surface area (Å²) >= 11 is 0. The summed E-state index contributed by atoms with van der Waals surface area (Å²) < 4.78 is 25.9. The minimum absolute atomic E-state index is 0.340. The van der Waals surface area contributed by atoms with Gasteiger partial charge in [-0.05, 0) is 0 Å². The number of esters is 4. The molecule has 26 heavy (non-hydrogen) atoms. The molecule has 1 aliphatic heterocycles. The molecule has 11 nitrogen and oxygen atoms in total. The fraction of sp³-hybridized carbons (Fsp3) is 0.667. The number of carbonyl (C=O) groups is 4. The second kappa shape index (κ2) is 9.70. The molecule has 1 aliphatic rings. The third-order valence-corrected chi connectivity index (χ3v) is 3.24. The molecule has 0 saturated carbocycles. The van der Waals surface area contributed by atoms with Crippen LogP contribution >= 0.6 is 0 Å². The molecule has 11 heteroatoms. The number of hydrogen-bond donors (Lipinski definition) is 1. The molecule has 1 saturated heterocycles. The van der Waals surface area contributed by atoms with Crippen molar-refractivity contribution in [3.63, 3.8) is 0 Å². The van der Waals surface area contributed by atoms with Gasteiger partial charge in [0.25, 0.3) is 0 Å². The third kappa shape index (κ3) is 6.31. The molecule has 5 atom stereocenters. The first kappa shape index (κ1) is 21.4. The summed E-state index contributed by atoms with van der Waals surface area (Å²) in [5.74, 6) is -2.81. The van der Waals surface area contributed by atoms with E-state index in [0.717, 1.165) is 27.0 Å². The van der Waals surface area contributed by atoms with Crippen LogP contribution in [0.2, 0.25) is 0 Å². The highest BCUT2D eigenvalue weighted by Gasteiger charge is 2.51. The van der Waals surface area contributed by atoms with Gasteiger partial charge < -0.3 is 28.9 Å². The first-order valence-corrected chi connectivity index (χ1v) is 7.63. The van der Waals surface area contributed by atoms with Gasteiger partial charge in [-0.2, -0.15) is 0 Å². The molecule has 1 fully saturated rings. The molecule has 0 bridgehead atoms. The summed E-state index contributed by atoms with van der Waals surface area (Å²) in [4.78, 5) is 45.5. The third-order valence-electron chi connectivity index (χ3n) is 3.24. The van der Waals surface area contributed by atoms with Gasteiger partial charge in [-0.25, -0.2) is 0 Å². The van der Waals surface area contributed by atoms with E-state index >= 15 is 0 Å². The van der Waals surface area contributed by atoms with E-state index in [2.05, 4.69) is 5.16 Å². The molecule has 0 aromatic rings. The Bertz CT molecular complexity index is 575. The van der Waals surface area contributed by atoms with E-state index in [1.54, 1.807) is 0 Å². The zero-order valence-corrected chi connectivity index (χ0v) is 14.7. The maximum atomic E-state index is 11.5. The highest BCUT2D eigenvalue weighted by atomic mass is 16.7. The highest BCUT2D eigenvalue weighted by Crippen LogP contribution is 2.28.